The Hall–Kier alpha value is -1.14. The van der Waals surface area contributed by atoms with Crippen LogP contribution in [0.3, 0.4) is 0 Å². The van der Waals surface area contributed by atoms with Gasteiger partial charge < -0.3 is 20.1 Å². The highest BCUT2D eigenvalue weighted by molar-refractivity contribution is 5.75. The molecule has 104 valence electrons. The Morgan fingerprint density at radius 3 is 2.56 bits per heavy atom. The Labute approximate surface area is 107 Å². The second-order valence-corrected chi connectivity index (χ2v) is 4.48. The Morgan fingerprint density at radius 1 is 1.33 bits per heavy atom. The zero-order valence-electron chi connectivity index (χ0n) is 10.9. The van der Waals surface area contributed by atoms with E-state index in [1.807, 2.05) is 0 Å². The van der Waals surface area contributed by atoms with Gasteiger partial charge in [-0.3, -0.25) is 9.59 Å². The predicted molar refractivity (Wildman–Crippen MR) is 66.4 cm³/mol. The summed E-state index contributed by atoms with van der Waals surface area (Å²) in [6.45, 7) is 2.89. The van der Waals surface area contributed by atoms with Crippen molar-refractivity contribution in [2.24, 2.45) is 0 Å². The average molecular weight is 258 g/mol. The lowest BCUT2D eigenvalue weighted by atomic mass is 10.1. The number of carbonyl (C=O) groups excluding carboxylic acids is 1. The number of piperidine rings is 1. The van der Waals surface area contributed by atoms with E-state index in [1.165, 1.54) is 0 Å². The number of carboxylic acids is 1. The van der Waals surface area contributed by atoms with Crippen LogP contribution >= 0.6 is 0 Å². The van der Waals surface area contributed by atoms with Crippen molar-refractivity contribution in [3.8, 4) is 0 Å². The van der Waals surface area contributed by atoms with E-state index in [0.29, 0.717) is 6.42 Å². The summed E-state index contributed by atoms with van der Waals surface area (Å²) in [5.41, 5.74) is 0. The number of nitrogens with zero attached hydrogens (tertiary/aromatic N) is 1. The molecule has 6 nitrogen and oxygen atoms in total. The fourth-order valence-electron chi connectivity index (χ4n) is 2.00. The van der Waals surface area contributed by atoms with E-state index in [1.54, 1.807) is 7.05 Å². The van der Waals surface area contributed by atoms with Crippen LogP contribution in [0.15, 0.2) is 0 Å². The number of rotatable bonds is 7. The fourth-order valence-corrected chi connectivity index (χ4v) is 2.00. The van der Waals surface area contributed by atoms with Crippen molar-refractivity contribution in [1.29, 1.82) is 0 Å². The van der Waals surface area contributed by atoms with Crippen molar-refractivity contribution in [2.45, 2.75) is 31.8 Å². The molecule has 1 amide bonds. The lowest BCUT2D eigenvalue weighted by molar-refractivity contribution is -0.138. The molecule has 0 spiro atoms. The monoisotopic (exact) mass is 258 g/mol. The number of carboxylic acid groups (broad SMARTS) is 1. The quantitative estimate of drug-likeness (QED) is 0.676. The second-order valence-electron chi connectivity index (χ2n) is 4.48. The van der Waals surface area contributed by atoms with Gasteiger partial charge in [-0.15, -0.1) is 0 Å². The molecule has 1 heterocycles. The van der Waals surface area contributed by atoms with Crippen LogP contribution in [0, 0.1) is 0 Å². The number of likely N-dealkylation sites (tertiary alicyclic amines) is 1. The molecule has 0 aromatic heterocycles. The molecule has 0 atom stereocenters. The van der Waals surface area contributed by atoms with Crippen molar-refractivity contribution < 1.29 is 19.4 Å². The van der Waals surface area contributed by atoms with Gasteiger partial charge in [0.1, 0.15) is 0 Å². The molecule has 0 aliphatic carbocycles. The molecule has 0 radical (unpaired) electrons. The normalized spacial score (nSPS) is 17.6. The highest BCUT2D eigenvalue weighted by Crippen LogP contribution is 2.14. The van der Waals surface area contributed by atoms with E-state index in [-0.39, 0.29) is 25.0 Å². The van der Waals surface area contributed by atoms with Crippen molar-refractivity contribution in [3.05, 3.63) is 0 Å². The van der Waals surface area contributed by atoms with Crippen molar-refractivity contribution in [1.82, 2.24) is 10.2 Å². The number of amides is 1. The predicted octanol–water partition coefficient (Wildman–Crippen LogP) is 0.0782. The first-order valence-electron chi connectivity index (χ1n) is 6.38. The lowest BCUT2D eigenvalue weighted by Crippen LogP contribution is -2.39. The van der Waals surface area contributed by atoms with E-state index in [2.05, 4.69) is 10.2 Å². The molecule has 0 saturated carbocycles. The Morgan fingerprint density at radius 2 is 2.00 bits per heavy atom. The first kappa shape index (κ1) is 14.9. The number of hydrogen-bond acceptors (Lipinski definition) is 4. The van der Waals surface area contributed by atoms with Crippen LogP contribution in [0.1, 0.15) is 25.7 Å². The van der Waals surface area contributed by atoms with Crippen LogP contribution in [0.2, 0.25) is 0 Å². The average Bonchev–Trinajstić information content (AvgIpc) is 2.37. The SMILES string of the molecule is CNC(=O)CCN1CCC(OCCC(=O)O)CC1. The van der Waals surface area contributed by atoms with Gasteiger partial charge in [-0.1, -0.05) is 0 Å². The summed E-state index contributed by atoms with van der Waals surface area (Å²) < 4.78 is 5.50. The molecule has 2 N–H and O–H groups in total. The third-order valence-corrected chi connectivity index (χ3v) is 3.14. The van der Waals surface area contributed by atoms with Gasteiger partial charge in [0.15, 0.2) is 0 Å². The summed E-state index contributed by atoms with van der Waals surface area (Å²) in [6, 6.07) is 0. The highest BCUT2D eigenvalue weighted by atomic mass is 16.5. The number of hydrogen-bond donors (Lipinski definition) is 2. The third kappa shape index (κ3) is 5.97. The molecule has 0 bridgehead atoms. The summed E-state index contributed by atoms with van der Waals surface area (Å²) in [7, 11) is 1.64. The molecule has 1 aliphatic heterocycles. The number of aliphatic carboxylic acids is 1. The minimum atomic E-state index is -0.821. The van der Waals surface area contributed by atoms with Gasteiger partial charge in [-0.05, 0) is 12.8 Å². The van der Waals surface area contributed by atoms with Gasteiger partial charge in [0.05, 0.1) is 19.1 Å². The first-order chi connectivity index (χ1) is 8.61. The van der Waals surface area contributed by atoms with Crippen molar-refractivity contribution in [3.63, 3.8) is 0 Å². The maximum atomic E-state index is 11.1. The van der Waals surface area contributed by atoms with E-state index in [0.717, 1.165) is 32.5 Å². The highest BCUT2D eigenvalue weighted by Gasteiger charge is 2.19. The molecule has 18 heavy (non-hydrogen) atoms. The summed E-state index contributed by atoms with van der Waals surface area (Å²) in [5, 5.41) is 11.1. The van der Waals surface area contributed by atoms with Crippen LogP contribution in [0.25, 0.3) is 0 Å². The molecular formula is C12H22N2O4. The maximum absolute atomic E-state index is 11.1. The zero-order chi connectivity index (χ0) is 13.4. The molecule has 1 rings (SSSR count). The third-order valence-electron chi connectivity index (χ3n) is 3.14. The van der Waals surface area contributed by atoms with E-state index < -0.39 is 5.97 Å². The number of nitrogens with one attached hydrogen (secondary N) is 1. The standard InChI is InChI=1S/C12H22N2O4/c1-13-11(15)4-8-14-6-2-10(3-7-14)18-9-5-12(16)17/h10H,2-9H2,1H3,(H,13,15)(H,16,17). The summed E-state index contributed by atoms with van der Waals surface area (Å²) >= 11 is 0. The molecule has 0 unspecified atom stereocenters. The number of carbonyl (C=O) groups is 2. The minimum absolute atomic E-state index is 0.0647. The van der Waals surface area contributed by atoms with E-state index in [9.17, 15) is 9.59 Å². The van der Waals surface area contributed by atoms with E-state index >= 15 is 0 Å². The lowest BCUT2D eigenvalue weighted by Gasteiger charge is -2.31. The maximum Gasteiger partial charge on any atom is 0.305 e. The van der Waals surface area contributed by atoms with Crippen LogP contribution < -0.4 is 5.32 Å². The van der Waals surface area contributed by atoms with Gasteiger partial charge in [0.25, 0.3) is 0 Å². The van der Waals surface area contributed by atoms with Crippen LogP contribution in [-0.4, -0.2) is 61.3 Å². The topological polar surface area (TPSA) is 78.9 Å². The Balaban J connectivity index is 2.09. The van der Waals surface area contributed by atoms with E-state index in [4.69, 9.17) is 9.84 Å². The van der Waals surface area contributed by atoms with Crippen LogP contribution in [0.4, 0.5) is 0 Å². The summed E-state index contributed by atoms with van der Waals surface area (Å²) in [4.78, 5) is 23.7. The van der Waals surface area contributed by atoms with Gasteiger partial charge in [0, 0.05) is 33.1 Å². The van der Waals surface area contributed by atoms with Crippen molar-refractivity contribution >= 4 is 11.9 Å². The summed E-state index contributed by atoms with van der Waals surface area (Å²) in [6.07, 6.45) is 2.58. The molecular weight excluding hydrogens is 236 g/mol. The van der Waals surface area contributed by atoms with Crippen molar-refractivity contribution in [2.75, 3.05) is 33.3 Å². The fraction of sp³-hybridized carbons (Fsp3) is 0.833. The Kier molecular flexibility index (Phi) is 6.67. The van der Waals surface area contributed by atoms with Crippen LogP contribution in [0.5, 0.6) is 0 Å². The number of ether oxygens (including phenoxy) is 1. The van der Waals surface area contributed by atoms with Gasteiger partial charge in [0.2, 0.25) is 5.91 Å². The molecule has 0 aromatic rings. The summed E-state index contributed by atoms with van der Waals surface area (Å²) in [5.74, 6) is -0.757. The molecule has 1 fully saturated rings. The minimum Gasteiger partial charge on any atom is -0.481 e. The molecule has 1 aliphatic rings. The molecule has 1 saturated heterocycles. The van der Waals surface area contributed by atoms with Gasteiger partial charge in [-0.25, -0.2) is 0 Å². The smallest absolute Gasteiger partial charge is 0.305 e. The van der Waals surface area contributed by atoms with Crippen LogP contribution in [-0.2, 0) is 14.3 Å². The first-order valence-corrected chi connectivity index (χ1v) is 6.38. The molecule has 0 aromatic carbocycles. The van der Waals surface area contributed by atoms with Gasteiger partial charge >= 0.3 is 5.97 Å². The van der Waals surface area contributed by atoms with Gasteiger partial charge in [-0.2, -0.15) is 0 Å². The zero-order valence-corrected chi connectivity index (χ0v) is 10.9. The Bertz CT molecular complexity index is 275. The molecule has 6 heteroatoms. The second kappa shape index (κ2) is 8.05. The largest absolute Gasteiger partial charge is 0.481 e.